The van der Waals surface area contributed by atoms with Gasteiger partial charge in [-0.3, -0.25) is 0 Å². The van der Waals surface area contributed by atoms with Crippen molar-refractivity contribution >= 4 is 38.9 Å². The summed E-state index contributed by atoms with van der Waals surface area (Å²) >= 11 is 0. The molecule has 0 spiro atoms. The maximum absolute atomic E-state index is 2.43. The molecule has 208 valence electrons. The minimum absolute atomic E-state index is 1.12. The van der Waals surface area contributed by atoms with E-state index in [2.05, 4.69) is 191 Å². The number of rotatable bonds is 6. The third kappa shape index (κ3) is 4.54. The minimum atomic E-state index is 1.12. The summed E-state index contributed by atoms with van der Waals surface area (Å²) in [4.78, 5) is 2.31. The largest absolute Gasteiger partial charge is 0.310 e. The van der Waals surface area contributed by atoms with E-state index in [1.807, 2.05) is 0 Å². The topological polar surface area (TPSA) is 8.17 Å². The van der Waals surface area contributed by atoms with Crippen LogP contribution in [0, 0.1) is 0 Å². The number of anilines is 3. The first-order valence-electron chi connectivity index (χ1n) is 15.0. The normalized spacial score (nSPS) is 11.2. The van der Waals surface area contributed by atoms with E-state index in [4.69, 9.17) is 0 Å². The quantitative estimate of drug-likeness (QED) is 0.196. The van der Waals surface area contributed by atoms with E-state index >= 15 is 0 Å². The van der Waals surface area contributed by atoms with Gasteiger partial charge in [0.2, 0.25) is 0 Å². The molecule has 1 aromatic heterocycles. The highest BCUT2D eigenvalue weighted by Gasteiger charge is 2.17. The highest BCUT2D eigenvalue weighted by molar-refractivity contribution is 6.10. The zero-order valence-electron chi connectivity index (χ0n) is 24.2. The molecule has 1 heterocycles. The number of benzene rings is 7. The monoisotopic (exact) mass is 562 g/mol. The van der Waals surface area contributed by atoms with Gasteiger partial charge >= 0.3 is 0 Å². The number of para-hydroxylation sites is 4. The Bertz CT molecular complexity index is 2170. The Labute approximate surface area is 257 Å². The molecule has 8 rings (SSSR count). The van der Waals surface area contributed by atoms with Crippen LogP contribution in [-0.4, -0.2) is 4.57 Å². The Morgan fingerprint density at radius 1 is 0.341 bits per heavy atom. The highest BCUT2D eigenvalue weighted by atomic mass is 15.1. The first-order valence-corrected chi connectivity index (χ1v) is 15.0. The molecule has 0 amide bonds. The number of fused-ring (bicyclic) bond motifs is 3. The predicted octanol–water partition coefficient (Wildman–Crippen LogP) is 11.6. The van der Waals surface area contributed by atoms with Crippen LogP contribution in [0.1, 0.15) is 0 Å². The lowest BCUT2D eigenvalue weighted by molar-refractivity contribution is 1.18. The summed E-state index contributed by atoms with van der Waals surface area (Å²) in [6, 6.07) is 65.0. The standard InChI is InChI=1S/C42H30N2/c1-4-15-31(16-5-1)37-23-10-12-25-40(37)44-41-26-13-11-24-38(41)39-28-27-33(30-42(39)44)32-17-14-22-36(29-32)43(34-18-6-2-7-19-34)35-20-8-3-9-21-35/h1-30H. The smallest absolute Gasteiger partial charge is 0.0547 e. The van der Waals surface area contributed by atoms with Crippen molar-refractivity contribution in [3.63, 3.8) is 0 Å². The molecule has 2 nitrogen and oxygen atoms in total. The van der Waals surface area contributed by atoms with Crippen LogP contribution in [0.5, 0.6) is 0 Å². The van der Waals surface area contributed by atoms with Crippen molar-refractivity contribution in [2.75, 3.05) is 4.90 Å². The van der Waals surface area contributed by atoms with E-state index in [0.717, 1.165) is 17.1 Å². The summed E-state index contributed by atoms with van der Waals surface area (Å²) in [5.41, 5.74) is 11.7. The van der Waals surface area contributed by atoms with E-state index in [1.54, 1.807) is 0 Å². The van der Waals surface area contributed by atoms with Crippen molar-refractivity contribution < 1.29 is 0 Å². The number of hydrogen-bond acceptors (Lipinski definition) is 1. The van der Waals surface area contributed by atoms with Crippen LogP contribution in [0.4, 0.5) is 17.1 Å². The molecule has 44 heavy (non-hydrogen) atoms. The molecule has 0 saturated carbocycles. The van der Waals surface area contributed by atoms with E-state index in [9.17, 15) is 0 Å². The van der Waals surface area contributed by atoms with Crippen molar-refractivity contribution in [3.05, 3.63) is 182 Å². The molecule has 0 aliphatic rings. The van der Waals surface area contributed by atoms with E-state index < -0.39 is 0 Å². The van der Waals surface area contributed by atoms with E-state index in [1.165, 1.54) is 49.7 Å². The van der Waals surface area contributed by atoms with Crippen LogP contribution in [0.25, 0.3) is 49.7 Å². The van der Waals surface area contributed by atoms with Crippen LogP contribution >= 0.6 is 0 Å². The van der Waals surface area contributed by atoms with Gasteiger partial charge in [-0.05, 0) is 71.3 Å². The second-order valence-electron chi connectivity index (χ2n) is 11.0. The molecule has 0 radical (unpaired) electrons. The fourth-order valence-electron chi connectivity index (χ4n) is 6.37. The van der Waals surface area contributed by atoms with Crippen LogP contribution in [-0.2, 0) is 0 Å². The zero-order chi connectivity index (χ0) is 29.3. The third-order valence-electron chi connectivity index (χ3n) is 8.37. The summed E-state index contributed by atoms with van der Waals surface area (Å²) in [5, 5.41) is 2.50. The molecule has 0 aliphatic carbocycles. The van der Waals surface area contributed by atoms with Gasteiger partial charge < -0.3 is 9.47 Å². The summed E-state index contributed by atoms with van der Waals surface area (Å²) in [5.74, 6) is 0. The van der Waals surface area contributed by atoms with Gasteiger partial charge in [-0.1, -0.05) is 127 Å². The molecule has 0 fully saturated rings. The second-order valence-corrected chi connectivity index (χ2v) is 11.0. The van der Waals surface area contributed by atoms with Gasteiger partial charge in [0, 0.05) is 33.4 Å². The number of nitrogens with zero attached hydrogens (tertiary/aromatic N) is 2. The van der Waals surface area contributed by atoms with E-state index in [-0.39, 0.29) is 0 Å². The second kappa shape index (κ2) is 11.1. The van der Waals surface area contributed by atoms with Gasteiger partial charge in [-0.25, -0.2) is 0 Å². The fraction of sp³-hybridized carbons (Fsp3) is 0. The lowest BCUT2D eigenvalue weighted by atomic mass is 10.0. The maximum Gasteiger partial charge on any atom is 0.0547 e. The lowest BCUT2D eigenvalue weighted by Crippen LogP contribution is -2.09. The van der Waals surface area contributed by atoms with Crippen LogP contribution in [0.2, 0.25) is 0 Å². The van der Waals surface area contributed by atoms with Crippen molar-refractivity contribution in [1.29, 1.82) is 0 Å². The van der Waals surface area contributed by atoms with Crippen molar-refractivity contribution in [1.82, 2.24) is 4.57 Å². The van der Waals surface area contributed by atoms with Gasteiger partial charge in [0.25, 0.3) is 0 Å². The summed E-state index contributed by atoms with van der Waals surface area (Å²) in [6.07, 6.45) is 0. The predicted molar refractivity (Wildman–Crippen MR) is 186 cm³/mol. The van der Waals surface area contributed by atoms with Crippen molar-refractivity contribution in [2.24, 2.45) is 0 Å². The average Bonchev–Trinajstić information content (AvgIpc) is 3.43. The molecule has 0 bridgehead atoms. The number of hydrogen-bond donors (Lipinski definition) is 0. The molecule has 0 unspecified atom stereocenters. The Morgan fingerprint density at radius 3 is 1.64 bits per heavy atom. The number of aromatic nitrogens is 1. The molecule has 7 aromatic carbocycles. The minimum Gasteiger partial charge on any atom is -0.310 e. The SMILES string of the molecule is c1ccc(-c2ccccc2-n2c3ccccc3c3ccc(-c4cccc(N(c5ccccc5)c5ccccc5)c4)cc32)cc1. The van der Waals surface area contributed by atoms with Crippen LogP contribution < -0.4 is 4.90 Å². The first-order chi connectivity index (χ1) is 21.8. The highest BCUT2D eigenvalue weighted by Crippen LogP contribution is 2.40. The zero-order valence-corrected chi connectivity index (χ0v) is 24.2. The van der Waals surface area contributed by atoms with Gasteiger partial charge in [-0.2, -0.15) is 0 Å². The molecular weight excluding hydrogens is 532 g/mol. The molecule has 2 heteroatoms. The molecule has 8 aromatic rings. The maximum atomic E-state index is 2.43. The van der Waals surface area contributed by atoms with Gasteiger partial charge in [0.15, 0.2) is 0 Å². The summed E-state index contributed by atoms with van der Waals surface area (Å²) < 4.78 is 2.43. The molecular formula is C42H30N2. The Balaban J connectivity index is 1.32. The molecule has 0 N–H and O–H groups in total. The molecule has 0 atom stereocenters. The Hall–Kier alpha value is -5.86. The van der Waals surface area contributed by atoms with Gasteiger partial charge in [-0.15, -0.1) is 0 Å². The van der Waals surface area contributed by atoms with Crippen LogP contribution in [0.3, 0.4) is 0 Å². The summed E-state index contributed by atoms with van der Waals surface area (Å²) in [6.45, 7) is 0. The van der Waals surface area contributed by atoms with Crippen molar-refractivity contribution in [3.8, 4) is 27.9 Å². The first kappa shape index (κ1) is 25.8. The van der Waals surface area contributed by atoms with E-state index in [0.29, 0.717) is 0 Å². The third-order valence-corrected chi connectivity index (χ3v) is 8.37. The summed E-state index contributed by atoms with van der Waals surface area (Å²) in [7, 11) is 0. The van der Waals surface area contributed by atoms with Gasteiger partial charge in [0.05, 0.1) is 16.7 Å². The van der Waals surface area contributed by atoms with Crippen LogP contribution in [0.15, 0.2) is 182 Å². The Kier molecular flexibility index (Phi) is 6.51. The average molecular weight is 563 g/mol. The lowest BCUT2D eigenvalue weighted by Gasteiger charge is -2.26. The van der Waals surface area contributed by atoms with Gasteiger partial charge in [0.1, 0.15) is 0 Å². The molecule has 0 aliphatic heterocycles. The Morgan fingerprint density at radius 2 is 0.886 bits per heavy atom. The van der Waals surface area contributed by atoms with Crippen molar-refractivity contribution in [2.45, 2.75) is 0 Å². The molecule has 0 saturated heterocycles. The fourth-order valence-corrected chi connectivity index (χ4v) is 6.37.